The Kier molecular flexibility index (Phi) is 3.76. The van der Waals surface area contributed by atoms with Gasteiger partial charge in [0.05, 0.1) is 0 Å². The maximum Gasteiger partial charge on any atom is 0.188 e. The van der Waals surface area contributed by atoms with Crippen molar-refractivity contribution in [3.05, 3.63) is 9.77 Å². The summed E-state index contributed by atoms with van der Waals surface area (Å²) in [6.07, 6.45) is 2.01. The van der Waals surface area contributed by atoms with Crippen LogP contribution in [-0.4, -0.2) is 24.3 Å². The number of thioether (sulfide) groups is 1. The first-order valence-electron chi connectivity index (χ1n) is 4.02. The van der Waals surface area contributed by atoms with Crippen LogP contribution >= 0.6 is 34.4 Å². The lowest BCUT2D eigenvalue weighted by Crippen LogP contribution is -2.40. The molecule has 13 heavy (non-hydrogen) atoms. The van der Waals surface area contributed by atoms with Crippen LogP contribution in [0.5, 0.6) is 0 Å². The molecule has 0 aliphatic heterocycles. The smallest absolute Gasteiger partial charge is 0.188 e. The molecule has 0 radical (unpaired) electrons. The maximum absolute atomic E-state index is 4.53. The fourth-order valence-electron chi connectivity index (χ4n) is 0.872. The number of nitrogens with zero attached hydrogens (tertiary/aromatic N) is 2. The van der Waals surface area contributed by atoms with E-state index in [0.717, 1.165) is 8.86 Å². The van der Waals surface area contributed by atoms with Gasteiger partial charge in [-0.25, -0.2) is 9.97 Å². The zero-order valence-corrected chi connectivity index (χ0v) is 12.2. The van der Waals surface area contributed by atoms with Crippen molar-refractivity contribution in [3.8, 4) is 0 Å². The molecule has 1 rings (SSSR count). The van der Waals surface area contributed by atoms with E-state index >= 15 is 0 Å². The van der Waals surface area contributed by atoms with Crippen molar-refractivity contribution >= 4 is 47.7 Å². The predicted octanol–water partition coefficient (Wildman–Crippen LogP) is 2.35. The van der Waals surface area contributed by atoms with Crippen molar-refractivity contribution in [1.82, 2.24) is 9.97 Å². The van der Waals surface area contributed by atoms with E-state index in [4.69, 9.17) is 0 Å². The Morgan fingerprint density at radius 3 is 2.38 bits per heavy atom. The highest BCUT2D eigenvalue weighted by molar-refractivity contribution is 14.1. The van der Waals surface area contributed by atoms with Crippen LogP contribution in [0.25, 0.3) is 0 Å². The molecule has 0 aliphatic carbocycles. The van der Waals surface area contributed by atoms with E-state index < -0.39 is 8.07 Å². The van der Waals surface area contributed by atoms with Gasteiger partial charge in [-0.15, -0.1) is 0 Å². The summed E-state index contributed by atoms with van der Waals surface area (Å²) in [5.41, 5.74) is 0. The summed E-state index contributed by atoms with van der Waals surface area (Å²) in [6.45, 7) is 6.90. The lowest BCUT2D eigenvalue weighted by Gasteiger charge is -2.15. The van der Waals surface area contributed by atoms with Crippen LogP contribution in [0.1, 0.15) is 0 Å². The molecule has 0 aliphatic rings. The van der Waals surface area contributed by atoms with Crippen molar-refractivity contribution in [2.24, 2.45) is 0 Å². The molecular weight excluding hydrogens is 311 g/mol. The SMILES string of the molecule is CSc1nc(I)cc([Si](C)(C)C)n1. The second-order valence-corrected chi connectivity index (χ2v) is 10.7. The molecule has 0 bridgehead atoms. The molecule has 1 heterocycles. The predicted molar refractivity (Wildman–Crippen MR) is 69.5 cm³/mol. The highest BCUT2D eigenvalue weighted by Gasteiger charge is 2.19. The molecular formula is C8H13IN2SSi. The average molecular weight is 324 g/mol. The van der Waals surface area contributed by atoms with E-state index in [-0.39, 0.29) is 0 Å². The number of hydrogen-bond acceptors (Lipinski definition) is 3. The number of halogens is 1. The van der Waals surface area contributed by atoms with Gasteiger partial charge >= 0.3 is 0 Å². The standard InChI is InChI=1S/C8H13IN2SSi/c1-12-8-10-6(9)5-7(11-8)13(2,3)4/h5H,1-4H3. The van der Waals surface area contributed by atoms with Crippen molar-refractivity contribution in [3.63, 3.8) is 0 Å². The number of aromatic nitrogens is 2. The second-order valence-electron chi connectivity index (χ2n) is 3.81. The van der Waals surface area contributed by atoms with E-state index in [2.05, 4.69) is 58.3 Å². The van der Waals surface area contributed by atoms with Gasteiger partial charge in [0.25, 0.3) is 0 Å². The van der Waals surface area contributed by atoms with Gasteiger partial charge in [-0.1, -0.05) is 31.4 Å². The van der Waals surface area contributed by atoms with Gasteiger partial charge in [0, 0.05) is 5.32 Å². The molecule has 72 valence electrons. The fraction of sp³-hybridized carbons (Fsp3) is 0.500. The molecule has 0 spiro atoms. The summed E-state index contributed by atoms with van der Waals surface area (Å²) in [5, 5.41) is 2.14. The average Bonchev–Trinajstić information content (AvgIpc) is 2.01. The van der Waals surface area contributed by atoms with Crippen molar-refractivity contribution < 1.29 is 0 Å². The molecule has 0 amide bonds. The summed E-state index contributed by atoms with van der Waals surface area (Å²) < 4.78 is 1.05. The molecule has 0 N–H and O–H groups in total. The molecule has 2 nitrogen and oxygen atoms in total. The van der Waals surface area contributed by atoms with E-state index in [0.29, 0.717) is 0 Å². The fourth-order valence-corrected chi connectivity index (χ4v) is 3.32. The summed E-state index contributed by atoms with van der Waals surface area (Å²) in [4.78, 5) is 8.86. The summed E-state index contributed by atoms with van der Waals surface area (Å²) in [6, 6.07) is 2.10. The largest absolute Gasteiger partial charge is 0.232 e. The van der Waals surface area contributed by atoms with Gasteiger partial charge in [-0.3, -0.25) is 0 Å². The van der Waals surface area contributed by atoms with Crippen LogP contribution in [0.2, 0.25) is 19.6 Å². The zero-order valence-electron chi connectivity index (χ0n) is 8.26. The lowest BCUT2D eigenvalue weighted by molar-refractivity contribution is 0.966. The zero-order chi connectivity index (χ0) is 10.1. The van der Waals surface area contributed by atoms with Crippen LogP contribution in [-0.2, 0) is 0 Å². The van der Waals surface area contributed by atoms with Crippen molar-refractivity contribution in [2.45, 2.75) is 24.8 Å². The molecule has 0 unspecified atom stereocenters. The number of rotatable bonds is 2. The van der Waals surface area contributed by atoms with Crippen LogP contribution in [0.15, 0.2) is 11.2 Å². The molecule has 0 fully saturated rings. The monoisotopic (exact) mass is 324 g/mol. The molecule has 0 saturated heterocycles. The Morgan fingerprint density at radius 2 is 1.92 bits per heavy atom. The Balaban J connectivity index is 3.16. The van der Waals surface area contributed by atoms with Crippen LogP contribution in [0.4, 0.5) is 0 Å². The molecule has 0 atom stereocenters. The first-order valence-corrected chi connectivity index (χ1v) is 9.83. The van der Waals surface area contributed by atoms with Gasteiger partial charge in [-0.05, 0) is 34.9 Å². The van der Waals surface area contributed by atoms with Crippen molar-refractivity contribution in [2.75, 3.05) is 6.26 Å². The highest BCUT2D eigenvalue weighted by Crippen LogP contribution is 2.10. The van der Waals surface area contributed by atoms with Crippen LogP contribution in [0.3, 0.4) is 0 Å². The maximum atomic E-state index is 4.53. The minimum absolute atomic E-state index is 0.893. The molecule has 1 aromatic heterocycles. The van der Waals surface area contributed by atoms with Gasteiger partial charge in [0.15, 0.2) is 5.16 Å². The first kappa shape index (κ1) is 11.5. The van der Waals surface area contributed by atoms with Crippen LogP contribution in [0, 0.1) is 3.70 Å². The summed E-state index contributed by atoms with van der Waals surface area (Å²) in [7, 11) is -1.28. The number of hydrogen-bond donors (Lipinski definition) is 0. The van der Waals surface area contributed by atoms with Gasteiger partial charge in [0.2, 0.25) is 0 Å². The third-order valence-corrected chi connectivity index (χ3v) is 4.52. The van der Waals surface area contributed by atoms with E-state index in [1.165, 1.54) is 5.32 Å². The van der Waals surface area contributed by atoms with E-state index in [1.54, 1.807) is 11.8 Å². The van der Waals surface area contributed by atoms with Crippen molar-refractivity contribution in [1.29, 1.82) is 0 Å². The van der Waals surface area contributed by atoms with Gasteiger partial charge in [-0.2, -0.15) is 0 Å². The second kappa shape index (κ2) is 4.27. The van der Waals surface area contributed by atoms with Crippen LogP contribution < -0.4 is 5.32 Å². The minimum atomic E-state index is -1.28. The third kappa shape index (κ3) is 3.21. The highest BCUT2D eigenvalue weighted by atomic mass is 127. The normalized spacial score (nSPS) is 11.8. The molecule has 0 aromatic carbocycles. The lowest BCUT2D eigenvalue weighted by atomic mass is 10.7. The summed E-state index contributed by atoms with van der Waals surface area (Å²) >= 11 is 3.86. The molecule has 1 aromatic rings. The Bertz CT molecular complexity index is 312. The third-order valence-electron chi connectivity index (χ3n) is 1.63. The van der Waals surface area contributed by atoms with E-state index in [9.17, 15) is 0 Å². The minimum Gasteiger partial charge on any atom is -0.232 e. The van der Waals surface area contributed by atoms with E-state index in [1.807, 2.05) is 6.26 Å². The molecule has 5 heteroatoms. The quantitative estimate of drug-likeness (QED) is 0.275. The molecule has 0 saturated carbocycles. The Morgan fingerprint density at radius 1 is 1.31 bits per heavy atom. The first-order chi connectivity index (χ1) is 5.93. The Hall–Kier alpha value is 0.377. The Labute approximate surface area is 98.1 Å². The summed E-state index contributed by atoms with van der Waals surface area (Å²) in [5.74, 6) is 0. The topological polar surface area (TPSA) is 25.8 Å². The van der Waals surface area contributed by atoms with Gasteiger partial charge < -0.3 is 0 Å². The van der Waals surface area contributed by atoms with Gasteiger partial charge in [0.1, 0.15) is 11.8 Å².